The zero-order valence-electron chi connectivity index (χ0n) is 36.3. The highest BCUT2D eigenvalue weighted by Crippen LogP contribution is 2.43. The topological polar surface area (TPSA) is 8.17 Å². The molecule has 1 aromatic heterocycles. The van der Waals surface area contributed by atoms with Gasteiger partial charge in [-0.25, -0.2) is 0 Å². The van der Waals surface area contributed by atoms with Crippen molar-refractivity contribution in [2.24, 2.45) is 0 Å². The van der Waals surface area contributed by atoms with Crippen molar-refractivity contribution in [2.75, 3.05) is 4.90 Å². The van der Waals surface area contributed by atoms with Crippen molar-refractivity contribution >= 4 is 49.6 Å². The van der Waals surface area contributed by atoms with Crippen LogP contribution in [0.2, 0.25) is 0 Å². The van der Waals surface area contributed by atoms with E-state index in [-0.39, 0.29) is 0 Å². The van der Waals surface area contributed by atoms with Crippen LogP contribution in [0.3, 0.4) is 0 Å². The zero-order valence-corrected chi connectivity index (χ0v) is 36.3. The summed E-state index contributed by atoms with van der Waals surface area (Å²) in [6, 6.07) is 96.8. The maximum atomic E-state index is 2.40. The number of aromatic nitrogens is 1. The second-order valence-corrected chi connectivity index (χ2v) is 16.9. The Morgan fingerprint density at radius 1 is 0.258 bits per heavy atom. The highest BCUT2D eigenvalue weighted by Gasteiger charge is 2.19. The first kappa shape index (κ1) is 38.9. The summed E-state index contributed by atoms with van der Waals surface area (Å²) in [4.78, 5) is 2.40. The highest BCUT2D eigenvalue weighted by molar-refractivity contribution is 6.10. The van der Waals surface area contributed by atoms with Gasteiger partial charge in [-0.2, -0.15) is 0 Å². The van der Waals surface area contributed by atoms with Crippen LogP contribution in [0, 0.1) is 0 Å². The lowest BCUT2D eigenvalue weighted by molar-refractivity contribution is 1.18. The van der Waals surface area contributed by atoms with Gasteiger partial charge in [0.1, 0.15) is 0 Å². The summed E-state index contributed by atoms with van der Waals surface area (Å²) in [6.45, 7) is 0. The fraction of sp³-hybridized carbons (Fsp3) is 0. The molecule has 0 amide bonds. The van der Waals surface area contributed by atoms with Crippen molar-refractivity contribution in [3.8, 4) is 61.3 Å². The van der Waals surface area contributed by atoms with E-state index in [9.17, 15) is 0 Å². The van der Waals surface area contributed by atoms with E-state index in [1.165, 1.54) is 77.1 Å². The van der Waals surface area contributed by atoms with E-state index >= 15 is 0 Å². The summed E-state index contributed by atoms with van der Waals surface area (Å²) in [7, 11) is 0. The Morgan fingerprint density at radius 2 is 0.697 bits per heavy atom. The lowest BCUT2D eigenvalue weighted by atomic mass is 9.95. The van der Waals surface area contributed by atoms with Crippen LogP contribution in [0.1, 0.15) is 0 Å². The molecule has 2 heteroatoms. The molecule has 0 aliphatic carbocycles. The maximum absolute atomic E-state index is 2.40. The quantitative estimate of drug-likeness (QED) is 0.141. The molecule has 0 N–H and O–H groups in total. The minimum Gasteiger partial charge on any atom is -0.310 e. The predicted molar refractivity (Wildman–Crippen MR) is 280 cm³/mol. The molecule has 0 aliphatic heterocycles. The van der Waals surface area contributed by atoms with E-state index in [4.69, 9.17) is 0 Å². The smallest absolute Gasteiger partial charge is 0.0541 e. The van der Waals surface area contributed by atoms with Crippen LogP contribution < -0.4 is 4.90 Å². The minimum atomic E-state index is 1.08. The van der Waals surface area contributed by atoms with E-state index in [2.05, 4.69) is 276 Å². The summed E-state index contributed by atoms with van der Waals surface area (Å²) in [5.41, 5.74) is 18.8. The molecule has 0 spiro atoms. The molecule has 1 heterocycles. The summed E-state index contributed by atoms with van der Waals surface area (Å²) < 4.78 is 2.37. The molecule has 0 aliphatic rings. The lowest BCUT2D eigenvalue weighted by Gasteiger charge is -2.28. The normalized spacial score (nSPS) is 11.3. The molecular weight excluding hydrogens is 797 g/mol. The van der Waals surface area contributed by atoms with Gasteiger partial charge in [0.15, 0.2) is 0 Å². The third-order valence-electron chi connectivity index (χ3n) is 13.0. The fourth-order valence-electron chi connectivity index (χ4n) is 9.75. The molecule has 66 heavy (non-hydrogen) atoms. The fourth-order valence-corrected chi connectivity index (χ4v) is 9.75. The maximum Gasteiger partial charge on any atom is 0.0541 e. The van der Waals surface area contributed by atoms with Gasteiger partial charge in [-0.05, 0) is 122 Å². The molecule has 0 fully saturated rings. The van der Waals surface area contributed by atoms with E-state index in [0.29, 0.717) is 0 Å². The monoisotopic (exact) mass is 840 g/mol. The number of fused-ring (bicyclic) bond motifs is 4. The zero-order chi connectivity index (χ0) is 43.8. The number of nitrogens with zero attached hydrogens (tertiary/aromatic N) is 2. The summed E-state index contributed by atoms with van der Waals surface area (Å²) >= 11 is 0. The second kappa shape index (κ2) is 16.8. The first-order chi connectivity index (χ1) is 32.7. The van der Waals surface area contributed by atoms with Crippen molar-refractivity contribution in [2.45, 2.75) is 0 Å². The molecular formula is C64H44N2. The molecule has 2 nitrogen and oxygen atoms in total. The third kappa shape index (κ3) is 7.12. The Morgan fingerprint density at radius 3 is 1.38 bits per heavy atom. The third-order valence-corrected chi connectivity index (χ3v) is 13.0. The van der Waals surface area contributed by atoms with E-state index < -0.39 is 0 Å². The van der Waals surface area contributed by atoms with Gasteiger partial charge in [0.05, 0.1) is 16.7 Å². The number of rotatable bonds is 9. The molecule has 0 bridgehead atoms. The van der Waals surface area contributed by atoms with Crippen LogP contribution in [0.5, 0.6) is 0 Å². The number of hydrogen-bond acceptors (Lipinski definition) is 1. The summed E-state index contributed by atoms with van der Waals surface area (Å²) in [5, 5.41) is 5.00. The van der Waals surface area contributed by atoms with Crippen LogP contribution in [-0.4, -0.2) is 4.57 Å². The Labute approximate surface area is 385 Å². The largest absolute Gasteiger partial charge is 0.310 e. The number of anilines is 3. The average molecular weight is 841 g/mol. The van der Waals surface area contributed by atoms with Gasteiger partial charge in [-0.3, -0.25) is 0 Å². The van der Waals surface area contributed by atoms with Gasteiger partial charge < -0.3 is 9.47 Å². The van der Waals surface area contributed by atoms with Crippen LogP contribution in [0.4, 0.5) is 17.1 Å². The standard InChI is InChI=1S/C64H44N2/c1-3-14-45(15-4-1)46-26-28-47(29-27-46)48-34-39-55(40-35-48)65(62-24-11-9-21-59(62)52-32-30-51(31-33-52)58-23-13-17-50-16-7-8-20-57(50)58)56-41-36-49(37-42-56)53-38-43-64-61(44-53)60-22-10-12-25-63(60)66(64)54-18-5-2-6-19-54/h1-44H. The van der Waals surface area contributed by atoms with E-state index in [0.717, 1.165) is 33.9 Å². The number of para-hydroxylation sites is 3. The van der Waals surface area contributed by atoms with Gasteiger partial charge in [-0.15, -0.1) is 0 Å². The Balaban J connectivity index is 0.932. The molecule has 0 unspecified atom stereocenters. The lowest BCUT2D eigenvalue weighted by Crippen LogP contribution is -2.11. The average Bonchev–Trinajstić information content (AvgIpc) is 3.73. The molecule has 0 atom stereocenters. The van der Waals surface area contributed by atoms with E-state index in [1.54, 1.807) is 0 Å². The number of benzene rings is 11. The van der Waals surface area contributed by atoms with Crippen molar-refractivity contribution in [1.82, 2.24) is 4.57 Å². The highest BCUT2D eigenvalue weighted by atomic mass is 15.1. The van der Waals surface area contributed by atoms with Crippen molar-refractivity contribution in [1.29, 1.82) is 0 Å². The first-order valence-corrected chi connectivity index (χ1v) is 22.7. The molecule has 12 aromatic rings. The second-order valence-electron chi connectivity index (χ2n) is 16.9. The SMILES string of the molecule is c1ccc(-c2ccc(-c3ccc(N(c4ccc(-c5ccc6c(c5)c5ccccc5n6-c5ccccc5)cc4)c4ccccc4-c4ccc(-c5cccc6ccccc56)cc4)cc3)cc2)cc1. The van der Waals surface area contributed by atoms with Crippen LogP contribution in [-0.2, 0) is 0 Å². The molecule has 0 saturated carbocycles. The van der Waals surface area contributed by atoms with Gasteiger partial charge in [0.2, 0.25) is 0 Å². The van der Waals surface area contributed by atoms with Crippen LogP contribution >= 0.6 is 0 Å². The first-order valence-electron chi connectivity index (χ1n) is 22.7. The molecule has 11 aromatic carbocycles. The van der Waals surface area contributed by atoms with Gasteiger partial charge in [0, 0.05) is 33.4 Å². The van der Waals surface area contributed by atoms with Gasteiger partial charge in [-0.1, -0.05) is 206 Å². The van der Waals surface area contributed by atoms with Crippen LogP contribution in [0.25, 0.3) is 93.9 Å². The summed E-state index contributed by atoms with van der Waals surface area (Å²) in [5.74, 6) is 0. The van der Waals surface area contributed by atoms with Crippen molar-refractivity contribution in [3.05, 3.63) is 267 Å². The Bertz CT molecular complexity index is 3640. The van der Waals surface area contributed by atoms with Gasteiger partial charge >= 0.3 is 0 Å². The van der Waals surface area contributed by atoms with Crippen LogP contribution in [0.15, 0.2) is 267 Å². The van der Waals surface area contributed by atoms with Crippen molar-refractivity contribution < 1.29 is 0 Å². The molecule has 310 valence electrons. The Kier molecular flexibility index (Phi) is 9.89. The van der Waals surface area contributed by atoms with Gasteiger partial charge in [0.25, 0.3) is 0 Å². The molecule has 0 radical (unpaired) electrons. The molecule has 12 rings (SSSR count). The predicted octanol–water partition coefficient (Wildman–Crippen LogP) is 17.7. The number of hydrogen-bond donors (Lipinski definition) is 0. The molecule has 0 saturated heterocycles. The Hall–Kier alpha value is -8.72. The summed E-state index contributed by atoms with van der Waals surface area (Å²) in [6.07, 6.45) is 0. The van der Waals surface area contributed by atoms with E-state index in [1.807, 2.05) is 0 Å². The minimum absolute atomic E-state index is 1.08. The van der Waals surface area contributed by atoms with Crippen molar-refractivity contribution in [3.63, 3.8) is 0 Å².